The van der Waals surface area contributed by atoms with E-state index in [1.807, 2.05) is 4.90 Å². The molecule has 0 aromatic carbocycles. The van der Waals surface area contributed by atoms with Gasteiger partial charge in [0.05, 0.1) is 13.2 Å². The molecule has 2 heterocycles. The van der Waals surface area contributed by atoms with Crippen LogP contribution in [-0.2, 0) is 14.3 Å². The van der Waals surface area contributed by atoms with Crippen molar-refractivity contribution < 1.29 is 14.3 Å². The fourth-order valence-electron chi connectivity index (χ4n) is 3.69. The molecule has 2 saturated heterocycles. The van der Waals surface area contributed by atoms with Gasteiger partial charge in [-0.15, -0.1) is 24.8 Å². The summed E-state index contributed by atoms with van der Waals surface area (Å²) in [4.78, 5) is 28.5. The average molecular weight is 427 g/mol. The summed E-state index contributed by atoms with van der Waals surface area (Å²) in [5.41, 5.74) is 0. The lowest BCUT2D eigenvalue weighted by atomic mass is 9.84. The summed E-state index contributed by atoms with van der Waals surface area (Å²) in [7, 11) is 1.62. The molecule has 2 aliphatic heterocycles. The molecule has 1 atom stereocenters. The van der Waals surface area contributed by atoms with Crippen molar-refractivity contribution in [2.45, 2.75) is 26.2 Å². The highest BCUT2D eigenvalue weighted by atomic mass is 35.5. The van der Waals surface area contributed by atoms with E-state index in [-0.39, 0.29) is 36.6 Å². The molecular weight excluding hydrogens is 391 g/mol. The van der Waals surface area contributed by atoms with Crippen molar-refractivity contribution >= 4 is 36.6 Å². The molecule has 0 aromatic rings. The first-order valence-corrected chi connectivity index (χ1v) is 9.56. The SMILES string of the molecule is COCCNC(=O)CN1CCN(C(=O)CC(C)C2CCNCC2)CC1.Cl.Cl. The highest BCUT2D eigenvalue weighted by Gasteiger charge is 2.26. The van der Waals surface area contributed by atoms with Gasteiger partial charge in [-0.05, 0) is 37.8 Å². The molecule has 0 saturated carbocycles. The van der Waals surface area contributed by atoms with Gasteiger partial charge < -0.3 is 20.3 Å². The van der Waals surface area contributed by atoms with E-state index in [9.17, 15) is 9.59 Å². The summed E-state index contributed by atoms with van der Waals surface area (Å²) < 4.78 is 4.92. The number of methoxy groups -OCH3 is 1. The van der Waals surface area contributed by atoms with Crippen molar-refractivity contribution in [3.63, 3.8) is 0 Å². The van der Waals surface area contributed by atoms with Crippen molar-refractivity contribution in [3.05, 3.63) is 0 Å². The van der Waals surface area contributed by atoms with Gasteiger partial charge in [0, 0.05) is 46.3 Å². The van der Waals surface area contributed by atoms with Crippen LogP contribution in [0.2, 0.25) is 0 Å². The lowest BCUT2D eigenvalue weighted by Gasteiger charge is -2.35. The van der Waals surface area contributed by atoms with Crippen molar-refractivity contribution in [1.82, 2.24) is 20.4 Å². The number of hydrogen-bond donors (Lipinski definition) is 2. The van der Waals surface area contributed by atoms with Gasteiger partial charge in [0.2, 0.25) is 11.8 Å². The Morgan fingerprint density at radius 1 is 1.15 bits per heavy atom. The number of nitrogens with zero attached hydrogens (tertiary/aromatic N) is 2. The van der Waals surface area contributed by atoms with Gasteiger partial charge in [0.25, 0.3) is 0 Å². The molecule has 2 amide bonds. The minimum atomic E-state index is 0. The van der Waals surface area contributed by atoms with Crippen molar-refractivity contribution in [2.24, 2.45) is 11.8 Å². The van der Waals surface area contributed by atoms with Crippen LogP contribution in [0.15, 0.2) is 0 Å². The van der Waals surface area contributed by atoms with E-state index in [1.165, 1.54) is 12.8 Å². The van der Waals surface area contributed by atoms with E-state index >= 15 is 0 Å². The van der Waals surface area contributed by atoms with Crippen LogP contribution in [0.4, 0.5) is 0 Å². The Bertz CT molecular complexity index is 429. The average Bonchev–Trinajstić information content (AvgIpc) is 2.63. The molecule has 9 heteroatoms. The molecule has 2 N–H and O–H groups in total. The molecule has 27 heavy (non-hydrogen) atoms. The molecule has 0 bridgehead atoms. The minimum absolute atomic E-state index is 0. The molecule has 0 radical (unpaired) electrons. The first-order chi connectivity index (χ1) is 12.1. The third-order valence-electron chi connectivity index (χ3n) is 5.41. The predicted molar refractivity (Wildman–Crippen MR) is 112 cm³/mol. The second-order valence-electron chi connectivity index (χ2n) is 7.27. The highest BCUT2D eigenvalue weighted by Crippen LogP contribution is 2.25. The van der Waals surface area contributed by atoms with Gasteiger partial charge in [0.1, 0.15) is 0 Å². The number of carbonyl (C=O) groups excluding carboxylic acids is 2. The highest BCUT2D eigenvalue weighted by molar-refractivity contribution is 5.85. The number of hydrogen-bond acceptors (Lipinski definition) is 5. The molecule has 2 aliphatic rings. The maximum absolute atomic E-state index is 12.6. The smallest absolute Gasteiger partial charge is 0.234 e. The maximum atomic E-state index is 12.6. The number of amides is 2. The molecule has 0 aromatic heterocycles. The number of piperazine rings is 1. The van der Waals surface area contributed by atoms with Crippen LogP contribution in [0.25, 0.3) is 0 Å². The van der Waals surface area contributed by atoms with E-state index in [4.69, 9.17) is 4.74 Å². The zero-order chi connectivity index (χ0) is 18.1. The standard InChI is InChI=1S/C18H34N4O3.2ClH/c1-15(16-3-5-19-6-4-16)13-18(24)22-10-8-21(9-11-22)14-17(23)20-7-12-25-2;;/h15-16,19H,3-14H2,1-2H3,(H,20,23);2*1H. The lowest BCUT2D eigenvalue weighted by Crippen LogP contribution is -2.51. The van der Waals surface area contributed by atoms with Crippen molar-refractivity contribution in [3.8, 4) is 0 Å². The van der Waals surface area contributed by atoms with Gasteiger partial charge in [-0.2, -0.15) is 0 Å². The van der Waals surface area contributed by atoms with Gasteiger partial charge in [0.15, 0.2) is 0 Å². The Labute approximate surface area is 175 Å². The third kappa shape index (κ3) is 9.43. The zero-order valence-electron chi connectivity index (χ0n) is 16.6. The molecule has 7 nitrogen and oxygen atoms in total. The quantitative estimate of drug-likeness (QED) is 0.560. The van der Waals surface area contributed by atoms with Crippen LogP contribution in [0.1, 0.15) is 26.2 Å². The Morgan fingerprint density at radius 3 is 2.37 bits per heavy atom. The van der Waals surface area contributed by atoms with Gasteiger partial charge in [-0.1, -0.05) is 6.92 Å². The number of ether oxygens (including phenoxy) is 1. The monoisotopic (exact) mass is 426 g/mol. The molecule has 0 aliphatic carbocycles. The summed E-state index contributed by atoms with van der Waals surface area (Å²) in [6.07, 6.45) is 3.02. The van der Waals surface area contributed by atoms with Crippen LogP contribution in [-0.4, -0.2) is 87.7 Å². The topological polar surface area (TPSA) is 73.9 Å². The van der Waals surface area contributed by atoms with E-state index in [0.717, 1.165) is 39.3 Å². The normalized spacial score (nSPS) is 19.6. The van der Waals surface area contributed by atoms with E-state index < -0.39 is 0 Å². The maximum Gasteiger partial charge on any atom is 0.234 e. The number of halogens is 2. The molecule has 2 fully saturated rings. The van der Waals surface area contributed by atoms with Crippen molar-refractivity contribution in [1.29, 1.82) is 0 Å². The summed E-state index contributed by atoms with van der Waals surface area (Å²) in [6.45, 7) is 8.84. The first kappa shape index (κ1) is 26.4. The van der Waals surface area contributed by atoms with E-state index in [2.05, 4.69) is 22.5 Å². The van der Waals surface area contributed by atoms with Crippen molar-refractivity contribution in [2.75, 3.05) is 66.1 Å². The molecule has 2 rings (SSSR count). The Kier molecular flexibility index (Phi) is 14.1. The fourth-order valence-corrected chi connectivity index (χ4v) is 3.69. The molecule has 1 unspecified atom stereocenters. The summed E-state index contributed by atoms with van der Waals surface area (Å²) >= 11 is 0. The Hall–Kier alpha value is -0.600. The molecule has 160 valence electrons. The number of carbonyl (C=O) groups is 2. The fraction of sp³-hybridized carbons (Fsp3) is 0.889. The number of piperidine rings is 1. The minimum Gasteiger partial charge on any atom is -0.383 e. The largest absolute Gasteiger partial charge is 0.383 e. The van der Waals surface area contributed by atoms with Crippen LogP contribution < -0.4 is 10.6 Å². The predicted octanol–water partition coefficient (Wildman–Crippen LogP) is 0.763. The van der Waals surface area contributed by atoms with E-state index in [0.29, 0.717) is 38.0 Å². The van der Waals surface area contributed by atoms with Gasteiger partial charge >= 0.3 is 0 Å². The lowest BCUT2D eigenvalue weighted by molar-refractivity contribution is -0.134. The van der Waals surface area contributed by atoms with E-state index in [1.54, 1.807) is 7.11 Å². The Balaban J connectivity index is 0.00000338. The van der Waals surface area contributed by atoms with Crippen LogP contribution in [0, 0.1) is 11.8 Å². The second-order valence-corrected chi connectivity index (χ2v) is 7.27. The van der Waals surface area contributed by atoms with Crippen LogP contribution in [0.3, 0.4) is 0 Å². The molecular formula is C18H36Cl2N4O3. The molecule has 0 spiro atoms. The summed E-state index contributed by atoms with van der Waals surface area (Å²) in [5.74, 6) is 1.42. The van der Waals surface area contributed by atoms with Gasteiger partial charge in [-0.3, -0.25) is 14.5 Å². The zero-order valence-corrected chi connectivity index (χ0v) is 18.2. The summed E-state index contributed by atoms with van der Waals surface area (Å²) in [6, 6.07) is 0. The second kappa shape index (κ2) is 14.4. The first-order valence-electron chi connectivity index (χ1n) is 9.56. The van der Waals surface area contributed by atoms with Crippen LogP contribution >= 0.6 is 24.8 Å². The van der Waals surface area contributed by atoms with Crippen LogP contribution in [0.5, 0.6) is 0 Å². The number of nitrogens with one attached hydrogen (secondary N) is 2. The van der Waals surface area contributed by atoms with Gasteiger partial charge in [-0.25, -0.2) is 0 Å². The third-order valence-corrected chi connectivity index (χ3v) is 5.41. The number of rotatable bonds is 8. The Morgan fingerprint density at radius 2 is 1.78 bits per heavy atom. The summed E-state index contributed by atoms with van der Waals surface area (Å²) in [5, 5.41) is 6.22.